The molecule has 0 fully saturated rings. The Kier molecular flexibility index (Phi) is 3.06. The molecule has 1 aromatic carbocycles. The second-order valence-corrected chi connectivity index (χ2v) is 3.61. The minimum Gasteiger partial charge on any atom is -0.258 e. The van der Waals surface area contributed by atoms with Crippen molar-refractivity contribution in [2.24, 2.45) is 0 Å². The number of nitro groups is 1. The van der Waals surface area contributed by atoms with Crippen LogP contribution in [0.3, 0.4) is 0 Å². The first-order valence-electron chi connectivity index (χ1n) is 3.41. The van der Waals surface area contributed by atoms with Gasteiger partial charge in [-0.1, -0.05) is 0 Å². The minimum absolute atomic E-state index is 0.0248. The first-order chi connectivity index (χ1) is 6.15. The van der Waals surface area contributed by atoms with Crippen LogP contribution in [0.15, 0.2) is 24.3 Å². The van der Waals surface area contributed by atoms with Crippen molar-refractivity contribution in [2.75, 3.05) is 7.11 Å². The molecule has 0 aliphatic rings. The Hall–Kier alpha value is -1.32. The maximum Gasteiger partial charge on any atom is 0.548 e. The standard InChI is InChI=1S/C7H7NO4P/c1-12-13(11)7-4-2-6(3-5-7)8(9)10/h2-5H,1H3/q+1. The van der Waals surface area contributed by atoms with Gasteiger partial charge >= 0.3 is 8.03 Å². The molecular weight excluding hydrogens is 193 g/mol. The van der Waals surface area contributed by atoms with Gasteiger partial charge in [0, 0.05) is 24.3 Å². The summed E-state index contributed by atoms with van der Waals surface area (Å²) in [4.78, 5) is 9.74. The van der Waals surface area contributed by atoms with E-state index in [1.54, 1.807) is 0 Å². The number of benzene rings is 1. The predicted octanol–water partition coefficient (Wildman–Crippen LogP) is 1.61. The fourth-order valence-electron chi connectivity index (χ4n) is 0.801. The highest BCUT2D eigenvalue weighted by atomic mass is 31.1. The molecule has 1 unspecified atom stereocenters. The van der Waals surface area contributed by atoms with E-state index in [0.29, 0.717) is 5.30 Å². The van der Waals surface area contributed by atoms with E-state index in [4.69, 9.17) is 0 Å². The Morgan fingerprint density at radius 2 is 1.92 bits per heavy atom. The van der Waals surface area contributed by atoms with Crippen molar-refractivity contribution in [3.63, 3.8) is 0 Å². The highest BCUT2D eigenvalue weighted by molar-refractivity contribution is 7.48. The quantitative estimate of drug-likeness (QED) is 0.422. The van der Waals surface area contributed by atoms with Crippen molar-refractivity contribution >= 4 is 19.0 Å². The van der Waals surface area contributed by atoms with Gasteiger partial charge in [-0.2, -0.15) is 0 Å². The van der Waals surface area contributed by atoms with Gasteiger partial charge in [0.1, 0.15) is 0 Å². The highest BCUT2D eigenvalue weighted by Gasteiger charge is 2.20. The second-order valence-electron chi connectivity index (χ2n) is 2.21. The molecule has 0 saturated carbocycles. The molecule has 0 radical (unpaired) electrons. The number of rotatable bonds is 3. The molecule has 6 heteroatoms. The molecule has 0 bridgehead atoms. The number of hydrogen-bond acceptors (Lipinski definition) is 4. The van der Waals surface area contributed by atoms with Crippen molar-refractivity contribution in [2.45, 2.75) is 0 Å². The van der Waals surface area contributed by atoms with Crippen LogP contribution in [0.4, 0.5) is 5.69 Å². The van der Waals surface area contributed by atoms with Crippen molar-refractivity contribution in [1.29, 1.82) is 0 Å². The van der Waals surface area contributed by atoms with Crippen LogP contribution in [0.5, 0.6) is 0 Å². The lowest BCUT2D eigenvalue weighted by molar-refractivity contribution is -0.384. The highest BCUT2D eigenvalue weighted by Crippen LogP contribution is 2.20. The van der Waals surface area contributed by atoms with E-state index < -0.39 is 13.0 Å². The topological polar surface area (TPSA) is 69.4 Å². The van der Waals surface area contributed by atoms with Gasteiger partial charge in [-0.15, -0.1) is 4.52 Å². The smallest absolute Gasteiger partial charge is 0.258 e. The number of hydrogen-bond donors (Lipinski definition) is 0. The van der Waals surface area contributed by atoms with Crippen LogP contribution in [0.2, 0.25) is 0 Å². The minimum atomic E-state index is -1.88. The van der Waals surface area contributed by atoms with Crippen LogP contribution >= 0.6 is 8.03 Å². The van der Waals surface area contributed by atoms with Gasteiger partial charge in [-0.25, -0.2) is 0 Å². The van der Waals surface area contributed by atoms with Gasteiger partial charge in [-0.3, -0.25) is 10.1 Å². The van der Waals surface area contributed by atoms with E-state index in [1.165, 1.54) is 31.4 Å². The third-order valence-electron chi connectivity index (χ3n) is 1.44. The first kappa shape index (κ1) is 9.77. The molecule has 0 amide bonds. The van der Waals surface area contributed by atoms with E-state index in [-0.39, 0.29) is 5.69 Å². The molecule has 13 heavy (non-hydrogen) atoms. The normalized spacial score (nSPS) is 11.0. The second kappa shape index (κ2) is 4.07. The third kappa shape index (κ3) is 2.31. The summed E-state index contributed by atoms with van der Waals surface area (Å²) >= 11 is 0. The molecule has 0 N–H and O–H groups in total. The Balaban J connectivity index is 2.93. The molecule has 0 heterocycles. The summed E-state index contributed by atoms with van der Waals surface area (Å²) in [5.74, 6) is 0. The molecule has 1 aromatic rings. The molecule has 0 saturated heterocycles. The fraction of sp³-hybridized carbons (Fsp3) is 0.143. The molecule has 5 nitrogen and oxygen atoms in total. The third-order valence-corrected chi connectivity index (χ3v) is 2.49. The Bertz CT molecular complexity index is 335. The number of nitrogens with zero attached hydrogens (tertiary/aromatic N) is 1. The Morgan fingerprint density at radius 1 is 1.38 bits per heavy atom. The monoisotopic (exact) mass is 200 g/mol. The summed E-state index contributed by atoms with van der Waals surface area (Å²) in [6.07, 6.45) is 0. The average molecular weight is 200 g/mol. The van der Waals surface area contributed by atoms with Crippen molar-refractivity contribution in [3.8, 4) is 0 Å². The van der Waals surface area contributed by atoms with E-state index in [0.717, 1.165) is 0 Å². The van der Waals surface area contributed by atoms with Crippen LogP contribution < -0.4 is 5.30 Å². The molecule has 0 aliphatic carbocycles. The van der Waals surface area contributed by atoms with Gasteiger partial charge in [0.15, 0.2) is 0 Å². The van der Waals surface area contributed by atoms with Crippen LogP contribution in [0.1, 0.15) is 0 Å². The van der Waals surface area contributed by atoms with Crippen LogP contribution in [-0.4, -0.2) is 12.0 Å². The van der Waals surface area contributed by atoms with E-state index in [2.05, 4.69) is 4.52 Å². The zero-order chi connectivity index (χ0) is 9.84. The first-order valence-corrected chi connectivity index (χ1v) is 4.58. The lowest BCUT2D eigenvalue weighted by Gasteiger charge is -1.88. The average Bonchev–Trinajstić information content (AvgIpc) is 2.17. The summed E-state index contributed by atoms with van der Waals surface area (Å²) in [5, 5.41) is 10.7. The van der Waals surface area contributed by atoms with Gasteiger partial charge < -0.3 is 0 Å². The van der Waals surface area contributed by atoms with Gasteiger partial charge in [0.2, 0.25) is 5.30 Å². The van der Waals surface area contributed by atoms with Gasteiger partial charge in [-0.05, 0) is 4.57 Å². The zero-order valence-corrected chi connectivity index (χ0v) is 7.73. The molecule has 0 aliphatic heterocycles. The largest absolute Gasteiger partial charge is 0.548 e. The van der Waals surface area contributed by atoms with Crippen molar-refractivity contribution in [1.82, 2.24) is 0 Å². The van der Waals surface area contributed by atoms with Crippen LogP contribution in [0.25, 0.3) is 0 Å². The summed E-state index contributed by atoms with van der Waals surface area (Å²) < 4.78 is 15.6. The van der Waals surface area contributed by atoms with Gasteiger partial charge in [0.25, 0.3) is 5.69 Å². The van der Waals surface area contributed by atoms with E-state index in [9.17, 15) is 14.7 Å². The van der Waals surface area contributed by atoms with Crippen LogP contribution in [0, 0.1) is 10.1 Å². The number of non-ortho nitro benzene ring substituents is 1. The molecule has 68 valence electrons. The molecule has 1 atom stereocenters. The predicted molar refractivity (Wildman–Crippen MR) is 47.3 cm³/mol. The van der Waals surface area contributed by atoms with Crippen LogP contribution in [-0.2, 0) is 9.09 Å². The van der Waals surface area contributed by atoms with E-state index >= 15 is 0 Å². The van der Waals surface area contributed by atoms with Crippen molar-refractivity contribution < 1.29 is 14.0 Å². The molecule has 0 spiro atoms. The maximum atomic E-state index is 11.1. The fourth-order valence-corrected chi connectivity index (χ4v) is 1.40. The molecular formula is C7H7NO4P+. The summed E-state index contributed by atoms with van der Waals surface area (Å²) in [6.45, 7) is 0. The summed E-state index contributed by atoms with van der Waals surface area (Å²) in [6, 6.07) is 5.42. The zero-order valence-electron chi connectivity index (χ0n) is 6.84. The summed E-state index contributed by atoms with van der Waals surface area (Å²) in [7, 11) is -0.558. The lowest BCUT2D eigenvalue weighted by atomic mass is 10.3. The van der Waals surface area contributed by atoms with Gasteiger partial charge in [0.05, 0.1) is 12.0 Å². The number of nitro benzene ring substituents is 1. The summed E-state index contributed by atoms with van der Waals surface area (Å²) in [5.41, 5.74) is -0.0248. The van der Waals surface area contributed by atoms with E-state index in [1.807, 2.05) is 0 Å². The molecule has 0 aromatic heterocycles. The maximum absolute atomic E-state index is 11.1. The Labute approximate surface area is 75.4 Å². The van der Waals surface area contributed by atoms with Crippen molar-refractivity contribution in [3.05, 3.63) is 34.4 Å². The lowest BCUT2D eigenvalue weighted by Crippen LogP contribution is -1.97. The molecule has 1 rings (SSSR count). The Morgan fingerprint density at radius 3 is 2.31 bits per heavy atom. The SMILES string of the molecule is CO[P+](=O)c1ccc([N+](=O)[O-])cc1.